The highest BCUT2D eigenvalue weighted by Gasteiger charge is 2.11. The Labute approximate surface area is 118 Å². The van der Waals surface area contributed by atoms with Gasteiger partial charge in [0.2, 0.25) is 0 Å². The molecule has 1 unspecified atom stereocenters. The minimum atomic E-state index is -4.28. The fourth-order valence-electron chi connectivity index (χ4n) is 2.15. The molecule has 0 radical (unpaired) electrons. The summed E-state index contributed by atoms with van der Waals surface area (Å²) in [7, 11) is -4.28. The normalized spacial score (nSPS) is 13.6. The van der Waals surface area contributed by atoms with Gasteiger partial charge in [-0.25, -0.2) is 4.18 Å². The molecule has 0 bridgehead atoms. The van der Waals surface area contributed by atoms with Gasteiger partial charge in [-0.1, -0.05) is 71.6 Å². The summed E-state index contributed by atoms with van der Waals surface area (Å²) in [6.45, 7) is 4.34. The molecule has 19 heavy (non-hydrogen) atoms. The lowest BCUT2D eigenvalue weighted by Crippen LogP contribution is -2.13. The Bertz CT molecular complexity index is 288. The van der Waals surface area contributed by atoms with E-state index in [0.29, 0.717) is 0 Å². The van der Waals surface area contributed by atoms with E-state index in [-0.39, 0.29) is 12.5 Å². The van der Waals surface area contributed by atoms with Crippen LogP contribution in [0.3, 0.4) is 0 Å². The summed E-state index contributed by atoms with van der Waals surface area (Å²) in [5.41, 5.74) is 0. The fraction of sp³-hybridized carbons (Fsp3) is 1.00. The van der Waals surface area contributed by atoms with E-state index < -0.39 is 10.4 Å². The molecule has 5 heteroatoms. The van der Waals surface area contributed by atoms with Crippen LogP contribution < -0.4 is 0 Å². The first kappa shape index (κ1) is 18.9. The Balaban J connectivity index is 3.46. The third kappa shape index (κ3) is 14.1. The monoisotopic (exact) mass is 294 g/mol. The minimum Gasteiger partial charge on any atom is -0.264 e. The lowest BCUT2D eigenvalue weighted by Gasteiger charge is -2.13. The maximum atomic E-state index is 10.5. The molecule has 0 saturated heterocycles. The predicted octanol–water partition coefficient (Wildman–Crippen LogP) is 4.36. The molecule has 0 aliphatic carbocycles. The van der Waals surface area contributed by atoms with E-state index in [1.807, 2.05) is 6.92 Å². The van der Waals surface area contributed by atoms with Gasteiger partial charge in [-0.3, -0.25) is 4.55 Å². The zero-order valence-electron chi connectivity index (χ0n) is 12.4. The number of hydrogen-bond donors (Lipinski definition) is 1. The molecule has 0 rings (SSSR count). The van der Waals surface area contributed by atoms with Gasteiger partial charge in [0.1, 0.15) is 0 Å². The standard InChI is InChI=1S/C14H30O4S/c1-3-5-6-7-8-9-10-11-12-14(4-2)13-18-19(15,16)17/h14H,3-13H2,1-2H3,(H,15,16,17). The average Bonchev–Trinajstić information content (AvgIpc) is 2.35. The van der Waals surface area contributed by atoms with E-state index in [4.69, 9.17) is 4.55 Å². The van der Waals surface area contributed by atoms with Gasteiger partial charge in [0, 0.05) is 0 Å². The van der Waals surface area contributed by atoms with E-state index in [1.54, 1.807) is 0 Å². The second-order valence-electron chi connectivity index (χ2n) is 5.25. The highest BCUT2D eigenvalue weighted by molar-refractivity contribution is 7.80. The maximum absolute atomic E-state index is 10.5. The fourth-order valence-corrected chi connectivity index (χ4v) is 2.52. The minimum absolute atomic E-state index is 0.103. The predicted molar refractivity (Wildman–Crippen MR) is 78.5 cm³/mol. The lowest BCUT2D eigenvalue weighted by molar-refractivity contribution is 0.210. The van der Waals surface area contributed by atoms with Gasteiger partial charge in [-0.15, -0.1) is 0 Å². The first-order valence-corrected chi connectivity index (χ1v) is 8.98. The Morgan fingerprint density at radius 2 is 1.47 bits per heavy atom. The third-order valence-corrected chi connectivity index (χ3v) is 3.93. The molecule has 0 aromatic heterocycles. The Morgan fingerprint density at radius 3 is 1.95 bits per heavy atom. The zero-order chi connectivity index (χ0) is 14.6. The van der Waals surface area contributed by atoms with Gasteiger partial charge in [0.15, 0.2) is 0 Å². The van der Waals surface area contributed by atoms with Crippen molar-refractivity contribution >= 4 is 10.4 Å². The van der Waals surface area contributed by atoms with Crippen molar-refractivity contribution in [2.24, 2.45) is 5.92 Å². The van der Waals surface area contributed by atoms with Crippen molar-refractivity contribution in [2.75, 3.05) is 6.61 Å². The lowest BCUT2D eigenvalue weighted by atomic mass is 9.98. The van der Waals surface area contributed by atoms with Crippen LogP contribution in [0.25, 0.3) is 0 Å². The van der Waals surface area contributed by atoms with Crippen LogP contribution in [-0.2, 0) is 14.6 Å². The first-order chi connectivity index (χ1) is 8.99. The van der Waals surface area contributed by atoms with Crippen molar-refractivity contribution < 1.29 is 17.2 Å². The van der Waals surface area contributed by atoms with Crippen molar-refractivity contribution in [1.82, 2.24) is 0 Å². The van der Waals surface area contributed by atoms with Crippen LogP contribution in [0.4, 0.5) is 0 Å². The van der Waals surface area contributed by atoms with E-state index in [9.17, 15) is 8.42 Å². The molecule has 1 N–H and O–H groups in total. The van der Waals surface area contributed by atoms with E-state index in [2.05, 4.69) is 11.1 Å². The Kier molecular flexibility index (Phi) is 11.6. The molecule has 0 aliphatic rings. The molecule has 0 aliphatic heterocycles. The summed E-state index contributed by atoms with van der Waals surface area (Å²) < 4.78 is 33.9. The summed E-state index contributed by atoms with van der Waals surface area (Å²) >= 11 is 0. The quantitative estimate of drug-likeness (QED) is 0.405. The van der Waals surface area contributed by atoms with Crippen LogP contribution in [0, 0.1) is 5.92 Å². The van der Waals surface area contributed by atoms with E-state index in [1.165, 1.54) is 44.9 Å². The third-order valence-electron chi connectivity index (χ3n) is 3.50. The molecule has 0 spiro atoms. The number of hydrogen-bond acceptors (Lipinski definition) is 3. The van der Waals surface area contributed by atoms with Crippen LogP contribution in [-0.4, -0.2) is 19.6 Å². The van der Waals surface area contributed by atoms with Gasteiger partial charge < -0.3 is 0 Å². The second-order valence-corrected chi connectivity index (χ2v) is 6.34. The Hall–Kier alpha value is -0.130. The molecular weight excluding hydrogens is 264 g/mol. The van der Waals surface area contributed by atoms with Gasteiger partial charge >= 0.3 is 10.4 Å². The molecule has 0 amide bonds. The molecule has 0 aromatic rings. The van der Waals surface area contributed by atoms with Crippen molar-refractivity contribution in [3.8, 4) is 0 Å². The molecule has 1 atom stereocenters. The van der Waals surface area contributed by atoms with Crippen LogP contribution in [0.15, 0.2) is 0 Å². The number of rotatable bonds is 13. The largest absolute Gasteiger partial charge is 0.397 e. The smallest absolute Gasteiger partial charge is 0.264 e. The topological polar surface area (TPSA) is 63.6 Å². The van der Waals surface area contributed by atoms with Crippen LogP contribution in [0.1, 0.15) is 78.1 Å². The summed E-state index contributed by atoms with van der Waals surface area (Å²) in [6.07, 6.45) is 12.0. The molecule has 116 valence electrons. The second kappa shape index (κ2) is 11.7. The molecular formula is C14H30O4S. The van der Waals surface area contributed by atoms with Crippen LogP contribution in [0.5, 0.6) is 0 Å². The van der Waals surface area contributed by atoms with Crippen molar-refractivity contribution in [3.63, 3.8) is 0 Å². The van der Waals surface area contributed by atoms with Gasteiger partial charge in [-0.05, 0) is 12.3 Å². The maximum Gasteiger partial charge on any atom is 0.397 e. The highest BCUT2D eigenvalue weighted by Crippen LogP contribution is 2.16. The van der Waals surface area contributed by atoms with Gasteiger partial charge in [0.25, 0.3) is 0 Å². The van der Waals surface area contributed by atoms with Gasteiger partial charge in [-0.2, -0.15) is 8.42 Å². The molecule has 4 nitrogen and oxygen atoms in total. The summed E-state index contributed by atoms with van der Waals surface area (Å²) in [4.78, 5) is 0. The average molecular weight is 294 g/mol. The highest BCUT2D eigenvalue weighted by atomic mass is 32.3. The van der Waals surface area contributed by atoms with E-state index >= 15 is 0 Å². The summed E-state index contributed by atoms with van der Waals surface area (Å²) in [5, 5.41) is 0. The zero-order valence-corrected chi connectivity index (χ0v) is 13.3. The van der Waals surface area contributed by atoms with Crippen molar-refractivity contribution in [2.45, 2.75) is 78.1 Å². The van der Waals surface area contributed by atoms with Crippen LogP contribution >= 0.6 is 0 Å². The molecule has 0 heterocycles. The molecule has 0 fully saturated rings. The first-order valence-electron chi connectivity index (χ1n) is 7.61. The van der Waals surface area contributed by atoms with Crippen molar-refractivity contribution in [1.29, 1.82) is 0 Å². The van der Waals surface area contributed by atoms with Crippen LogP contribution in [0.2, 0.25) is 0 Å². The molecule has 0 saturated carbocycles. The van der Waals surface area contributed by atoms with Crippen molar-refractivity contribution in [3.05, 3.63) is 0 Å². The summed E-state index contributed by atoms with van der Waals surface area (Å²) in [6, 6.07) is 0. The summed E-state index contributed by atoms with van der Waals surface area (Å²) in [5.74, 6) is 0.224. The Morgan fingerprint density at radius 1 is 0.947 bits per heavy atom. The van der Waals surface area contributed by atoms with E-state index in [0.717, 1.165) is 19.3 Å². The molecule has 0 aromatic carbocycles. The number of unbranched alkanes of at least 4 members (excludes halogenated alkanes) is 7. The SMILES string of the molecule is CCCCCCCCCCC(CC)COS(=O)(=O)O. The van der Waals surface area contributed by atoms with Gasteiger partial charge in [0.05, 0.1) is 6.61 Å².